The van der Waals surface area contributed by atoms with E-state index in [9.17, 15) is 4.79 Å². The lowest BCUT2D eigenvalue weighted by Crippen LogP contribution is -2.15. The molecule has 3 aromatic carbocycles. The smallest absolute Gasteiger partial charge is 0.234 e. The Bertz CT molecular complexity index is 1180. The second-order valence-corrected chi connectivity index (χ2v) is 8.92. The molecule has 0 spiro atoms. The molecule has 4 aromatic rings. The highest BCUT2D eigenvalue weighted by Gasteiger charge is 2.17. The summed E-state index contributed by atoms with van der Waals surface area (Å²) in [4.78, 5) is 12.5. The van der Waals surface area contributed by atoms with Gasteiger partial charge in [0.15, 0.2) is 5.16 Å². The maximum atomic E-state index is 12.5. The minimum Gasteiger partial charge on any atom is -0.324 e. The van der Waals surface area contributed by atoms with Crippen LogP contribution in [0.4, 0.5) is 5.69 Å². The van der Waals surface area contributed by atoms with Crippen molar-refractivity contribution in [2.75, 3.05) is 11.1 Å². The summed E-state index contributed by atoms with van der Waals surface area (Å²) < 4.78 is 2.81. The number of benzene rings is 3. The molecule has 4 rings (SSSR count). The molecule has 8 heteroatoms. The zero-order valence-corrected chi connectivity index (χ0v) is 19.5. The van der Waals surface area contributed by atoms with Gasteiger partial charge in [-0.1, -0.05) is 65.8 Å². The lowest BCUT2D eigenvalue weighted by Gasteiger charge is -2.11. The molecule has 0 unspecified atom stereocenters. The number of nitrogens with zero attached hydrogens (tertiary/aromatic N) is 3. The van der Waals surface area contributed by atoms with Crippen LogP contribution in [0.15, 0.2) is 88.5 Å². The molecule has 1 N–H and O–H groups in total. The van der Waals surface area contributed by atoms with Gasteiger partial charge in [-0.2, -0.15) is 0 Å². The normalized spacial score (nSPS) is 10.8. The largest absolute Gasteiger partial charge is 0.324 e. The molecule has 1 heterocycles. The fraction of sp³-hybridized carbons (Fsp3) is 0.0870. The minimum absolute atomic E-state index is 0.118. The predicted molar refractivity (Wildman–Crippen MR) is 129 cm³/mol. The van der Waals surface area contributed by atoms with E-state index in [2.05, 4.69) is 43.6 Å². The van der Waals surface area contributed by atoms with Crippen LogP contribution < -0.4 is 5.32 Å². The van der Waals surface area contributed by atoms with Crippen molar-refractivity contribution in [1.29, 1.82) is 0 Å². The van der Waals surface area contributed by atoms with Gasteiger partial charge in [0.25, 0.3) is 0 Å². The van der Waals surface area contributed by atoms with Crippen molar-refractivity contribution in [3.63, 3.8) is 0 Å². The molecule has 1 amide bonds. The number of anilines is 1. The molecule has 0 aliphatic heterocycles. The Morgan fingerprint density at radius 2 is 1.68 bits per heavy atom. The Labute approximate surface area is 198 Å². The summed E-state index contributed by atoms with van der Waals surface area (Å²) in [6.45, 7) is 0. The lowest BCUT2D eigenvalue weighted by atomic mass is 10.1. The SMILES string of the molecule is O=C(CSc1nnc(Cc2ccccc2)n1-c1ccc(Cl)cc1)Nc1ccccc1Br. The number of para-hydroxylation sites is 1. The van der Waals surface area contributed by atoms with Crippen molar-refractivity contribution in [2.24, 2.45) is 0 Å². The van der Waals surface area contributed by atoms with E-state index in [0.29, 0.717) is 16.6 Å². The molecule has 156 valence electrons. The Balaban J connectivity index is 1.56. The summed E-state index contributed by atoms with van der Waals surface area (Å²) in [5.41, 5.74) is 2.76. The molecule has 0 bridgehead atoms. The molecular formula is C23H18BrClN4OS. The van der Waals surface area contributed by atoms with E-state index in [1.807, 2.05) is 71.3 Å². The topological polar surface area (TPSA) is 59.8 Å². The average molecular weight is 514 g/mol. The standard InChI is InChI=1S/C23H18BrClN4OS/c24-19-8-4-5-9-20(19)26-22(30)15-31-23-28-27-21(14-16-6-2-1-3-7-16)29(23)18-12-10-17(25)11-13-18/h1-13H,14-15H2,(H,26,30). The van der Waals surface area contributed by atoms with Gasteiger partial charge in [0, 0.05) is 21.6 Å². The predicted octanol–water partition coefficient (Wildman–Crippen LogP) is 6.00. The van der Waals surface area contributed by atoms with E-state index in [1.54, 1.807) is 0 Å². The zero-order valence-electron chi connectivity index (χ0n) is 16.3. The first-order chi connectivity index (χ1) is 15.1. The van der Waals surface area contributed by atoms with E-state index < -0.39 is 0 Å². The number of carbonyl (C=O) groups is 1. The number of nitrogens with one attached hydrogen (secondary N) is 1. The Morgan fingerprint density at radius 3 is 2.42 bits per heavy atom. The second kappa shape index (κ2) is 10.1. The van der Waals surface area contributed by atoms with Gasteiger partial charge < -0.3 is 5.32 Å². The summed E-state index contributed by atoms with van der Waals surface area (Å²) in [6.07, 6.45) is 0.625. The maximum absolute atomic E-state index is 12.5. The molecule has 0 fully saturated rings. The molecule has 0 saturated heterocycles. The van der Waals surface area contributed by atoms with Crippen LogP contribution in [0.25, 0.3) is 5.69 Å². The average Bonchev–Trinajstić information content (AvgIpc) is 3.17. The number of amides is 1. The van der Waals surface area contributed by atoms with Crippen molar-refractivity contribution >= 4 is 50.9 Å². The number of rotatable bonds is 7. The van der Waals surface area contributed by atoms with Crippen LogP contribution in [0.3, 0.4) is 0 Å². The molecule has 5 nitrogen and oxygen atoms in total. The highest BCUT2D eigenvalue weighted by Crippen LogP contribution is 2.26. The van der Waals surface area contributed by atoms with Gasteiger partial charge in [-0.15, -0.1) is 10.2 Å². The van der Waals surface area contributed by atoms with Gasteiger partial charge in [-0.3, -0.25) is 9.36 Å². The first-order valence-electron chi connectivity index (χ1n) is 9.51. The van der Waals surface area contributed by atoms with Crippen molar-refractivity contribution < 1.29 is 4.79 Å². The molecule has 31 heavy (non-hydrogen) atoms. The molecule has 0 aliphatic rings. The summed E-state index contributed by atoms with van der Waals surface area (Å²) in [7, 11) is 0. The third-order valence-corrected chi connectivity index (χ3v) is 6.34. The van der Waals surface area contributed by atoms with Crippen LogP contribution >= 0.6 is 39.3 Å². The monoisotopic (exact) mass is 512 g/mol. The zero-order chi connectivity index (χ0) is 21.6. The molecule has 0 saturated carbocycles. The van der Waals surface area contributed by atoms with E-state index in [0.717, 1.165) is 27.2 Å². The third kappa shape index (κ3) is 5.55. The second-order valence-electron chi connectivity index (χ2n) is 6.69. The molecule has 0 atom stereocenters. The number of halogens is 2. The molecular weight excluding hydrogens is 496 g/mol. The molecule has 0 aliphatic carbocycles. The number of carbonyl (C=O) groups excluding carboxylic acids is 1. The summed E-state index contributed by atoms with van der Waals surface area (Å²) >= 11 is 10.9. The van der Waals surface area contributed by atoms with Gasteiger partial charge in [0.1, 0.15) is 5.82 Å². The van der Waals surface area contributed by atoms with Gasteiger partial charge in [0.05, 0.1) is 11.4 Å². The maximum Gasteiger partial charge on any atom is 0.234 e. The van der Waals surface area contributed by atoms with E-state index in [1.165, 1.54) is 11.8 Å². The number of hydrogen-bond acceptors (Lipinski definition) is 4. The van der Waals surface area contributed by atoms with Crippen LogP contribution in [-0.4, -0.2) is 26.4 Å². The van der Waals surface area contributed by atoms with E-state index >= 15 is 0 Å². The van der Waals surface area contributed by atoms with Crippen LogP contribution in [0.2, 0.25) is 5.02 Å². The molecule has 0 radical (unpaired) electrons. The van der Waals surface area contributed by atoms with Crippen molar-refractivity contribution in [3.8, 4) is 5.69 Å². The highest BCUT2D eigenvalue weighted by molar-refractivity contribution is 9.10. The van der Waals surface area contributed by atoms with E-state index in [-0.39, 0.29) is 11.7 Å². The van der Waals surface area contributed by atoms with Gasteiger partial charge in [0.2, 0.25) is 5.91 Å². The number of hydrogen-bond donors (Lipinski definition) is 1. The van der Waals surface area contributed by atoms with Crippen LogP contribution in [-0.2, 0) is 11.2 Å². The Morgan fingerprint density at radius 1 is 0.968 bits per heavy atom. The number of thioether (sulfide) groups is 1. The fourth-order valence-electron chi connectivity index (χ4n) is 3.02. The summed E-state index contributed by atoms with van der Waals surface area (Å²) in [5.74, 6) is 0.882. The lowest BCUT2D eigenvalue weighted by molar-refractivity contribution is -0.113. The van der Waals surface area contributed by atoms with Crippen LogP contribution in [0, 0.1) is 0 Å². The fourth-order valence-corrected chi connectivity index (χ4v) is 4.30. The van der Waals surface area contributed by atoms with Gasteiger partial charge in [-0.05, 0) is 57.9 Å². The third-order valence-electron chi connectivity index (χ3n) is 4.47. The highest BCUT2D eigenvalue weighted by atomic mass is 79.9. The van der Waals surface area contributed by atoms with Crippen molar-refractivity contribution in [2.45, 2.75) is 11.6 Å². The van der Waals surface area contributed by atoms with Crippen LogP contribution in [0.5, 0.6) is 0 Å². The van der Waals surface area contributed by atoms with Gasteiger partial charge >= 0.3 is 0 Å². The first-order valence-corrected chi connectivity index (χ1v) is 11.7. The summed E-state index contributed by atoms with van der Waals surface area (Å²) in [6, 6.07) is 25.1. The van der Waals surface area contributed by atoms with Crippen LogP contribution in [0.1, 0.15) is 11.4 Å². The quantitative estimate of drug-likeness (QED) is 0.308. The van der Waals surface area contributed by atoms with Crippen molar-refractivity contribution in [3.05, 3.63) is 99.7 Å². The molecule has 1 aromatic heterocycles. The van der Waals surface area contributed by atoms with E-state index in [4.69, 9.17) is 11.6 Å². The Kier molecular flexibility index (Phi) is 7.06. The van der Waals surface area contributed by atoms with Crippen molar-refractivity contribution in [1.82, 2.24) is 14.8 Å². The minimum atomic E-state index is -0.118. The van der Waals surface area contributed by atoms with Gasteiger partial charge in [-0.25, -0.2) is 0 Å². The Hall–Kier alpha value is -2.61. The first kappa shape index (κ1) is 21.6. The number of aromatic nitrogens is 3. The summed E-state index contributed by atoms with van der Waals surface area (Å²) in [5, 5.41) is 13.0.